The van der Waals surface area contributed by atoms with Gasteiger partial charge in [-0.1, -0.05) is 6.07 Å². The van der Waals surface area contributed by atoms with Crippen molar-refractivity contribution in [1.82, 2.24) is 9.62 Å². The van der Waals surface area contributed by atoms with Gasteiger partial charge in [0.05, 0.1) is 36.9 Å². The van der Waals surface area contributed by atoms with E-state index in [1.54, 1.807) is 6.07 Å². The van der Waals surface area contributed by atoms with E-state index in [1.807, 2.05) is 4.90 Å². The number of nitrogens with zero attached hydrogens (tertiary/aromatic N) is 2. The molecular formula is C23H27F2N3O5S. The van der Waals surface area contributed by atoms with Crippen LogP contribution in [-0.4, -0.2) is 77.8 Å². The number of hydrogen-bond donors (Lipinski definition) is 1. The molecule has 0 saturated carbocycles. The summed E-state index contributed by atoms with van der Waals surface area (Å²) in [5, 5.41) is 2.68. The molecule has 184 valence electrons. The number of rotatable bonds is 7. The van der Waals surface area contributed by atoms with E-state index >= 15 is 0 Å². The molecule has 2 saturated heterocycles. The topological polar surface area (TPSA) is 88.2 Å². The van der Waals surface area contributed by atoms with Crippen LogP contribution in [0.25, 0.3) is 0 Å². The van der Waals surface area contributed by atoms with Crippen LogP contribution >= 0.6 is 0 Å². The Bertz CT molecular complexity index is 1110. The van der Waals surface area contributed by atoms with Gasteiger partial charge in [-0.05, 0) is 36.8 Å². The van der Waals surface area contributed by atoms with Crippen LogP contribution < -0.4 is 10.2 Å². The molecule has 0 unspecified atom stereocenters. The number of hydrogen-bond acceptors (Lipinski definition) is 6. The zero-order valence-corrected chi connectivity index (χ0v) is 19.5. The van der Waals surface area contributed by atoms with E-state index < -0.39 is 27.6 Å². The zero-order valence-electron chi connectivity index (χ0n) is 18.6. The highest BCUT2D eigenvalue weighted by atomic mass is 32.2. The van der Waals surface area contributed by atoms with Crippen molar-refractivity contribution in [2.75, 3.05) is 64.1 Å². The molecule has 0 bridgehead atoms. The van der Waals surface area contributed by atoms with Crippen LogP contribution in [0.2, 0.25) is 0 Å². The maximum Gasteiger partial charge on any atom is 0.253 e. The van der Waals surface area contributed by atoms with Gasteiger partial charge in [-0.2, -0.15) is 4.31 Å². The maximum absolute atomic E-state index is 13.9. The fourth-order valence-electron chi connectivity index (χ4n) is 4.04. The number of carbonyl (C=O) groups excluding carboxylic acids is 1. The number of sulfonamides is 1. The van der Waals surface area contributed by atoms with Gasteiger partial charge < -0.3 is 19.7 Å². The Morgan fingerprint density at radius 2 is 1.56 bits per heavy atom. The monoisotopic (exact) mass is 495 g/mol. The van der Waals surface area contributed by atoms with Crippen molar-refractivity contribution >= 4 is 21.6 Å². The molecule has 2 heterocycles. The third kappa shape index (κ3) is 5.38. The lowest BCUT2D eigenvalue weighted by Gasteiger charge is -2.31. The lowest BCUT2D eigenvalue weighted by Crippen LogP contribution is -2.41. The Morgan fingerprint density at radius 3 is 2.21 bits per heavy atom. The summed E-state index contributed by atoms with van der Waals surface area (Å²) in [5.41, 5.74) is 0.656. The van der Waals surface area contributed by atoms with Crippen molar-refractivity contribution in [3.05, 3.63) is 59.2 Å². The van der Waals surface area contributed by atoms with Gasteiger partial charge in [0.1, 0.15) is 11.6 Å². The van der Waals surface area contributed by atoms with Crippen molar-refractivity contribution in [3.63, 3.8) is 0 Å². The molecular weight excluding hydrogens is 468 g/mol. The third-order valence-corrected chi connectivity index (χ3v) is 7.79. The van der Waals surface area contributed by atoms with E-state index in [9.17, 15) is 22.0 Å². The van der Waals surface area contributed by atoms with E-state index in [0.717, 1.165) is 12.1 Å². The molecule has 0 aliphatic carbocycles. The van der Waals surface area contributed by atoms with Crippen LogP contribution in [-0.2, 0) is 25.9 Å². The Morgan fingerprint density at radius 1 is 0.941 bits per heavy atom. The van der Waals surface area contributed by atoms with E-state index in [2.05, 4.69) is 5.32 Å². The number of morpholine rings is 2. The minimum Gasteiger partial charge on any atom is -0.379 e. The molecule has 11 heteroatoms. The zero-order chi connectivity index (χ0) is 24.1. The second kappa shape index (κ2) is 10.8. The standard InChI is InChI=1S/C23H27F2N3O5S/c24-20-2-1-3-21(25)18(20)6-7-26-23(29)19-16-17(34(30,31)28-10-14-33-15-11-28)4-5-22(19)27-8-12-32-13-9-27/h1-5,16H,6-15H2,(H,26,29). The average Bonchev–Trinajstić information content (AvgIpc) is 2.86. The SMILES string of the molecule is O=C(NCCc1c(F)cccc1F)c1cc(S(=O)(=O)N2CCOCC2)ccc1N1CCOCC1. The first-order valence-electron chi connectivity index (χ1n) is 11.1. The van der Waals surface area contributed by atoms with Gasteiger partial charge in [0.15, 0.2) is 0 Å². The van der Waals surface area contributed by atoms with Crippen LogP contribution in [0.5, 0.6) is 0 Å². The van der Waals surface area contributed by atoms with Crippen molar-refractivity contribution in [1.29, 1.82) is 0 Å². The molecule has 34 heavy (non-hydrogen) atoms. The highest BCUT2D eigenvalue weighted by Crippen LogP contribution is 2.27. The average molecular weight is 496 g/mol. The molecule has 2 aromatic rings. The molecule has 2 aromatic carbocycles. The Balaban J connectivity index is 1.58. The molecule has 0 spiro atoms. The lowest BCUT2D eigenvalue weighted by molar-refractivity contribution is 0.0730. The number of nitrogens with one attached hydrogen (secondary N) is 1. The fourth-order valence-corrected chi connectivity index (χ4v) is 5.48. The molecule has 4 rings (SSSR count). The second-order valence-corrected chi connectivity index (χ2v) is 9.94. The molecule has 1 amide bonds. The number of amides is 1. The second-order valence-electron chi connectivity index (χ2n) is 8.00. The lowest BCUT2D eigenvalue weighted by atomic mass is 10.1. The van der Waals surface area contributed by atoms with Crippen molar-refractivity contribution in [2.45, 2.75) is 11.3 Å². The number of benzene rings is 2. The van der Waals surface area contributed by atoms with Gasteiger partial charge in [0, 0.05) is 44.0 Å². The number of halogens is 2. The van der Waals surface area contributed by atoms with Gasteiger partial charge >= 0.3 is 0 Å². The molecule has 2 aliphatic rings. The van der Waals surface area contributed by atoms with Crippen LogP contribution in [0.4, 0.5) is 14.5 Å². The van der Waals surface area contributed by atoms with Gasteiger partial charge in [-0.3, -0.25) is 4.79 Å². The number of carbonyl (C=O) groups is 1. The summed E-state index contributed by atoms with van der Waals surface area (Å²) in [6.07, 6.45) is -0.0388. The van der Waals surface area contributed by atoms with Crippen molar-refractivity contribution in [3.8, 4) is 0 Å². The van der Waals surface area contributed by atoms with E-state index in [0.29, 0.717) is 45.2 Å². The molecule has 0 atom stereocenters. The predicted molar refractivity (Wildman–Crippen MR) is 121 cm³/mol. The minimum absolute atomic E-state index is 0.0108. The summed E-state index contributed by atoms with van der Waals surface area (Å²) in [7, 11) is -3.81. The molecule has 1 N–H and O–H groups in total. The normalized spacial score (nSPS) is 17.5. The highest BCUT2D eigenvalue weighted by molar-refractivity contribution is 7.89. The summed E-state index contributed by atoms with van der Waals surface area (Å²) < 4.78 is 66.1. The summed E-state index contributed by atoms with van der Waals surface area (Å²) in [5.74, 6) is -1.87. The number of ether oxygens (including phenoxy) is 2. The minimum atomic E-state index is -3.81. The summed E-state index contributed by atoms with van der Waals surface area (Å²) in [6.45, 7) is 3.16. The third-order valence-electron chi connectivity index (χ3n) is 5.89. The van der Waals surface area contributed by atoms with Crippen LogP contribution in [0, 0.1) is 11.6 Å². The summed E-state index contributed by atoms with van der Waals surface area (Å²) in [6, 6.07) is 8.11. The smallest absolute Gasteiger partial charge is 0.253 e. The quantitative estimate of drug-likeness (QED) is 0.630. The largest absolute Gasteiger partial charge is 0.379 e. The number of anilines is 1. The van der Waals surface area contributed by atoms with Crippen LogP contribution in [0.15, 0.2) is 41.3 Å². The van der Waals surface area contributed by atoms with E-state index in [-0.39, 0.29) is 42.1 Å². The first kappa shape index (κ1) is 24.5. The maximum atomic E-state index is 13.9. The van der Waals surface area contributed by atoms with Crippen LogP contribution in [0.3, 0.4) is 0 Å². The van der Waals surface area contributed by atoms with Gasteiger partial charge in [-0.25, -0.2) is 17.2 Å². The molecule has 0 aromatic heterocycles. The molecule has 2 aliphatic heterocycles. The first-order chi connectivity index (χ1) is 16.4. The highest BCUT2D eigenvalue weighted by Gasteiger charge is 2.29. The van der Waals surface area contributed by atoms with Crippen LogP contribution in [0.1, 0.15) is 15.9 Å². The van der Waals surface area contributed by atoms with Gasteiger partial charge in [0.2, 0.25) is 10.0 Å². The predicted octanol–water partition coefficient (Wildman–Crippen LogP) is 1.79. The summed E-state index contributed by atoms with van der Waals surface area (Å²) >= 11 is 0. The summed E-state index contributed by atoms with van der Waals surface area (Å²) in [4.78, 5) is 15.1. The van der Waals surface area contributed by atoms with Crippen molar-refractivity contribution in [2.24, 2.45) is 0 Å². The Labute approximate surface area is 197 Å². The first-order valence-corrected chi connectivity index (χ1v) is 12.6. The Kier molecular flexibility index (Phi) is 7.77. The van der Waals surface area contributed by atoms with Gasteiger partial charge in [-0.15, -0.1) is 0 Å². The van der Waals surface area contributed by atoms with Crippen molar-refractivity contribution < 1.29 is 31.5 Å². The Hall–Kier alpha value is -2.60. The molecule has 8 nitrogen and oxygen atoms in total. The van der Waals surface area contributed by atoms with Gasteiger partial charge in [0.25, 0.3) is 5.91 Å². The van der Waals surface area contributed by atoms with E-state index in [4.69, 9.17) is 9.47 Å². The fraction of sp³-hybridized carbons (Fsp3) is 0.435. The van der Waals surface area contributed by atoms with E-state index in [1.165, 1.54) is 22.5 Å². The molecule has 0 radical (unpaired) electrons. The molecule has 2 fully saturated rings.